The summed E-state index contributed by atoms with van der Waals surface area (Å²) in [5.74, 6) is 3.13. The lowest BCUT2D eigenvalue weighted by molar-refractivity contribution is -0.0505. The fourth-order valence-corrected chi connectivity index (χ4v) is 4.86. The van der Waals surface area contributed by atoms with E-state index < -0.39 is 0 Å². The van der Waals surface area contributed by atoms with Crippen LogP contribution in [0.5, 0.6) is 0 Å². The lowest BCUT2D eigenvalue weighted by Gasteiger charge is -2.56. The summed E-state index contributed by atoms with van der Waals surface area (Å²) >= 11 is 0. The molecule has 0 amide bonds. The van der Waals surface area contributed by atoms with Gasteiger partial charge in [0.05, 0.1) is 0 Å². The molecule has 1 unspecified atom stereocenters. The highest BCUT2D eigenvalue weighted by atomic mass is 14.9. The Kier molecular flexibility index (Phi) is 2.54. The van der Waals surface area contributed by atoms with Crippen molar-refractivity contribution in [2.75, 3.05) is 13.1 Å². The van der Waals surface area contributed by atoms with E-state index in [-0.39, 0.29) is 0 Å². The zero-order valence-corrected chi connectivity index (χ0v) is 10.1. The quantitative estimate of drug-likeness (QED) is 0.696. The Labute approximate surface area is 94.0 Å². The average Bonchev–Trinajstić information content (AvgIpc) is 2.69. The van der Waals surface area contributed by atoms with Crippen molar-refractivity contribution in [2.45, 2.75) is 51.9 Å². The summed E-state index contributed by atoms with van der Waals surface area (Å²) in [7, 11) is 0. The highest BCUT2D eigenvalue weighted by Gasteiger charge is 2.51. The molecule has 0 aromatic carbocycles. The van der Waals surface area contributed by atoms with Crippen LogP contribution in [-0.4, -0.2) is 13.1 Å². The Balaban J connectivity index is 1.73. The first kappa shape index (κ1) is 10.1. The van der Waals surface area contributed by atoms with Gasteiger partial charge in [-0.3, -0.25) is 0 Å². The molecule has 1 heteroatoms. The molecule has 0 aromatic heterocycles. The van der Waals surface area contributed by atoms with Crippen LogP contribution in [0.1, 0.15) is 51.9 Å². The van der Waals surface area contributed by atoms with Gasteiger partial charge in [-0.2, -0.15) is 0 Å². The van der Waals surface area contributed by atoms with Crippen molar-refractivity contribution >= 4 is 0 Å². The molecule has 0 radical (unpaired) electrons. The lowest BCUT2D eigenvalue weighted by atomic mass is 9.51. The molecule has 3 rings (SSSR count). The average molecular weight is 207 g/mol. The van der Waals surface area contributed by atoms with E-state index in [0.29, 0.717) is 0 Å². The maximum absolute atomic E-state index is 3.65. The van der Waals surface area contributed by atoms with Crippen molar-refractivity contribution in [1.29, 1.82) is 0 Å². The van der Waals surface area contributed by atoms with E-state index in [1.54, 1.807) is 0 Å². The van der Waals surface area contributed by atoms with Crippen LogP contribution in [0, 0.1) is 23.2 Å². The van der Waals surface area contributed by atoms with Gasteiger partial charge in [-0.05, 0) is 55.5 Å². The van der Waals surface area contributed by atoms with Crippen molar-refractivity contribution in [1.82, 2.24) is 5.32 Å². The summed E-state index contributed by atoms with van der Waals surface area (Å²) in [6.45, 7) is 5.06. The predicted molar refractivity (Wildman–Crippen MR) is 63.8 cm³/mol. The monoisotopic (exact) mass is 207 g/mol. The maximum atomic E-state index is 3.65. The molecule has 0 aromatic rings. The second kappa shape index (κ2) is 3.76. The Bertz CT molecular complexity index is 218. The van der Waals surface area contributed by atoms with Crippen LogP contribution < -0.4 is 5.32 Å². The lowest BCUT2D eigenvalue weighted by Crippen LogP contribution is -2.53. The molecule has 1 aliphatic heterocycles. The van der Waals surface area contributed by atoms with E-state index in [1.165, 1.54) is 58.0 Å². The fraction of sp³-hybridized carbons (Fsp3) is 1.00. The summed E-state index contributed by atoms with van der Waals surface area (Å²) in [6.07, 6.45) is 10.6. The summed E-state index contributed by atoms with van der Waals surface area (Å²) in [4.78, 5) is 0. The maximum Gasteiger partial charge on any atom is -0.00125 e. The number of rotatable bonds is 1. The number of hydrogen-bond acceptors (Lipinski definition) is 1. The molecule has 3 aliphatic rings. The van der Waals surface area contributed by atoms with Crippen LogP contribution in [0.2, 0.25) is 0 Å². The van der Waals surface area contributed by atoms with Crippen LogP contribution in [0.4, 0.5) is 0 Å². The van der Waals surface area contributed by atoms with Crippen molar-refractivity contribution in [3.63, 3.8) is 0 Å². The Morgan fingerprint density at radius 2 is 1.87 bits per heavy atom. The smallest absolute Gasteiger partial charge is 0.00125 e. The number of piperidine rings is 1. The Morgan fingerprint density at radius 3 is 2.53 bits per heavy atom. The first-order chi connectivity index (χ1) is 7.30. The summed E-state index contributed by atoms with van der Waals surface area (Å²) in [5, 5.41) is 3.65. The highest BCUT2D eigenvalue weighted by Crippen LogP contribution is 2.57. The van der Waals surface area contributed by atoms with Crippen LogP contribution >= 0.6 is 0 Å². The second-order valence-electron chi connectivity index (χ2n) is 6.48. The van der Waals surface area contributed by atoms with Gasteiger partial charge in [-0.15, -0.1) is 0 Å². The van der Waals surface area contributed by atoms with Crippen molar-refractivity contribution < 1.29 is 0 Å². The normalized spacial score (nSPS) is 47.0. The van der Waals surface area contributed by atoms with Crippen molar-refractivity contribution in [3.8, 4) is 0 Å². The molecule has 15 heavy (non-hydrogen) atoms. The van der Waals surface area contributed by atoms with Gasteiger partial charge in [0.2, 0.25) is 0 Å². The summed E-state index contributed by atoms with van der Waals surface area (Å²) < 4.78 is 0. The highest BCUT2D eigenvalue weighted by molar-refractivity contribution is 5.02. The molecule has 2 aliphatic carbocycles. The summed E-state index contributed by atoms with van der Waals surface area (Å²) in [6, 6.07) is 0. The minimum Gasteiger partial charge on any atom is -0.316 e. The van der Waals surface area contributed by atoms with Crippen LogP contribution in [0.25, 0.3) is 0 Å². The van der Waals surface area contributed by atoms with Gasteiger partial charge >= 0.3 is 0 Å². The van der Waals surface area contributed by atoms with Crippen LogP contribution in [-0.2, 0) is 0 Å². The minimum absolute atomic E-state index is 0.791. The molecular formula is C14H25N. The second-order valence-corrected chi connectivity index (χ2v) is 6.48. The zero-order valence-electron chi connectivity index (χ0n) is 10.1. The van der Waals surface area contributed by atoms with E-state index >= 15 is 0 Å². The molecule has 1 spiro atoms. The van der Waals surface area contributed by atoms with E-state index in [2.05, 4.69) is 12.2 Å². The third-order valence-corrected chi connectivity index (χ3v) is 5.43. The predicted octanol–water partition coefficient (Wildman–Crippen LogP) is 3.20. The van der Waals surface area contributed by atoms with E-state index in [1.807, 2.05) is 0 Å². The fourth-order valence-electron chi connectivity index (χ4n) is 4.86. The minimum atomic E-state index is 0.791. The zero-order chi connectivity index (χ0) is 10.3. The van der Waals surface area contributed by atoms with Gasteiger partial charge < -0.3 is 5.32 Å². The van der Waals surface area contributed by atoms with Gasteiger partial charge in [0.1, 0.15) is 0 Å². The molecule has 86 valence electrons. The first-order valence-corrected chi connectivity index (χ1v) is 7.01. The first-order valence-electron chi connectivity index (χ1n) is 7.01. The number of nitrogens with one attached hydrogen (secondary N) is 1. The Morgan fingerprint density at radius 1 is 1.13 bits per heavy atom. The van der Waals surface area contributed by atoms with Crippen molar-refractivity contribution in [2.24, 2.45) is 23.2 Å². The van der Waals surface area contributed by atoms with E-state index in [4.69, 9.17) is 0 Å². The SMILES string of the molecule is CC1CC2(CCNCC2C2CCCC2)C1. The van der Waals surface area contributed by atoms with Gasteiger partial charge in [0, 0.05) is 0 Å². The van der Waals surface area contributed by atoms with Gasteiger partial charge in [0.15, 0.2) is 0 Å². The topological polar surface area (TPSA) is 12.0 Å². The molecule has 1 nitrogen and oxygen atoms in total. The van der Waals surface area contributed by atoms with Gasteiger partial charge in [-0.25, -0.2) is 0 Å². The molecule has 3 fully saturated rings. The number of hydrogen-bond donors (Lipinski definition) is 1. The molecule has 1 heterocycles. The summed E-state index contributed by atoms with van der Waals surface area (Å²) in [5.41, 5.74) is 0.791. The molecule has 1 saturated heterocycles. The van der Waals surface area contributed by atoms with E-state index in [9.17, 15) is 0 Å². The van der Waals surface area contributed by atoms with Crippen LogP contribution in [0.3, 0.4) is 0 Å². The van der Waals surface area contributed by atoms with Gasteiger partial charge in [0.25, 0.3) is 0 Å². The van der Waals surface area contributed by atoms with Gasteiger partial charge in [-0.1, -0.05) is 32.6 Å². The largest absolute Gasteiger partial charge is 0.316 e. The molecule has 0 bridgehead atoms. The standard InChI is InChI=1S/C14H25N/c1-11-8-14(9-11)6-7-15-10-13(14)12-4-2-3-5-12/h11-13,15H,2-10H2,1H3. The Hall–Kier alpha value is -0.0400. The van der Waals surface area contributed by atoms with Crippen LogP contribution in [0.15, 0.2) is 0 Å². The molecule has 2 saturated carbocycles. The molecule has 1 atom stereocenters. The molecule has 1 N–H and O–H groups in total. The molecular weight excluding hydrogens is 182 g/mol. The third kappa shape index (κ3) is 1.63. The third-order valence-electron chi connectivity index (χ3n) is 5.43. The van der Waals surface area contributed by atoms with Crippen molar-refractivity contribution in [3.05, 3.63) is 0 Å². The van der Waals surface area contributed by atoms with E-state index in [0.717, 1.165) is 23.2 Å².